The van der Waals surface area contributed by atoms with E-state index in [9.17, 15) is 17.6 Å². The number of rotatable bonds is 0. The van der Waals surface area contributed by atoms with E-state index in [1.54, 1.807) is 0 Å². The molecule has 0 atom stereocenters. The third-order valence-corrected chi connectivity index (χ3v) is 1.58. The lowest BCUT2D eigenvalue weighted by molar-refractivity contribution is -0.138. The lowest BCUT2D eigenvalue weighted by Crippen LogP contribution is -2.06. The summed E-state index contributed by atoms with van der Waals surface area (Å²) in [5, 5.41) is 8.79. The van der Waals surface area contributed by atoms with Gasteiger partial charge in [0, 0.05) is 6.07 Å². The van der Waals surface area contributed by atoms with Crippen molar-refractivity contribution in [1.29, 1.82) is 0 Å². The summed E-state index contributed by atoms with van der Waals surface area (Å²) in [6.07, 6.45) is -4.65. The van der Waals surface area contributed by atoms with Crippen LogP contribution in [0, 0.1) is 12.7 Å². The molecule has 0 heterocycles. The Hall–Kier alpha value is -1.26. The Kier molecular flexibility index (Phi) is 2.19. The predicted octanol–water partition coefficient (Wildman–Crippen LogP) is 2.86. The number of phenols is 1. The van der Waals surface area contributed by atoms with E-state index in [-0.39, 0.29) is 5.56 Å². The third-order valence-electron chi connectivity index (χ3n) is 1.58. The van der Waals surface area contributed by atoms with Crippen molar-refractivity contribution >= 4 is 0 Å². The minimum absolute atomic E-state index is 0.148. The molecule has 0 unspecified atom stereocenters. The number of aromatic hydroxyl groups is 1. The first-order chi connectivity index (χ1) is 5.82. The molecule has 0 amide bonds. The number of phenolic OH excluding ortho intramolecular Hbond substituents is 1. The van der Waals surface area contributed by atoms with E-state index >= 15 is 0 Å². The van der Waals surface area contributed by atoms with Crippen molar-refractivity contribution in [2.75, 3.05) is 0 Å². The molecule has 0 radical (unpaired) electrons. The Balaban J connectivity index is 3.32. The number of benzene rings is 1. The van der Waals surface area contributed by atoms with Crippen molar-refractivity contribution in [3.8, 4) is 5.75 Å². The van der Waals surface area contributed by atoms with Crippen molar-refractivity contribution in [2.45, 2.75) is 13.1 Å². The zero-order valence-electron chi connectivity index (χ0n) is 6.61. The van der Waals surface area contributed by atoms with Crippen LogP contribution in [0.2, 0.25) is 0 Å². The highest BCUT2D eigenvalue weighted by Gasteiger charge is 2.34. The minimum Gasteiger partial charge on any atom is -0.507 e. The Morgan fingerprint density at radius 1 is 1.23 bits per heavy atom. The number of halogens is 4. The summed E-state index contributed by atoms with van der Waals surface area (Å²) in [4.78, 5) is 0. The first kappa shape index (κ1) is 9.83. The molecule has 0 fully saturated rings. The smallest absolute Gasteiger partial charge is 0.419 e. The molecule has 72 valence electrons. The second-order valence-corrected chi connectivity index (χ2v) is 2.62. The van der Waals surface area contributed by atoms with Crippen molar-refractivity contribution in [2.24, 2.45) is 0 Å². The molecule has 1 aromatic rings. The fourth-order valence-electron chi connectivity index (χ4n) is 0.898. The maximum Gasteiger partial charge on any atom is 0.419 e. The molecule has 1 N–H and O–H groups in total. The molecule has 5 heteroatoms. The van der Waals surface area contributed by atoms with Crippen LogP contribution < -0.4 is 0 Å². The number of alkyl halides is 3. The third kappa shape index (κ3) is 1.91. The zero-order valence-corrected chi connectivity index (χ0v) is 6.61. The van der Waals surface area contributed by atoms with Crippen LogP contribution in [-0.4, -0.2) is 5.11 Å². The van der Waals surface area contributed by atoms with Gasteiger partial charge >= 0.3 is 6.18 Å². The first-order valence-corrected chi connectivity index (χ1v) is 3.38. The molecule has 0 spiro atoms. The summed E-state index contributed by atoms with van der Waals surface area (Å²) >= 11 is 0. The topological polar surface area (TPSA) is 20.2 Å². The Labute approximate surface area is 71.6 Å². The molecule has 0 aromatic heterocycles. The minimum atomic E-state index is -4.65. The summed E-state index contributed by atoms with van der Waals surface area (Å²) < 4.78 is 48.9. The van der Waals surface area contributed by atoms with Crippen LogP contribution in [0.1, 0.15) is 11.1 Å². The second kappa shape index (κ2) is 2.90. The molecule has 1 aromatic carbocycles. The Morgan fingerprint density at radius 3 is 2.23 bits per heavy atom. The van der Waals surface area contributed by atoms with Crippen LogP contribution in [-0.2, 0) is 6.18 Å². The van der Waals surface area contributed by atoms with Crippen LogP contribution >= 0.6 is 0 Å². The largest absolute Gasteiger partial charge is 0.507 e. The van der Waals surface area contributed by atoms with Crippen molar-refractivity contribution < 1.29 is 22.7 Å². The maximum atomic E-state index is 12.6. The highest BCUT2D eigenvalue weighted by Crippen LogP contribution is 2.36. The summed E-state index contributed by atoms with van der Waals surface area (Å²) in [6, 6.07) is 1.03. The van der Waals surface area contributed by atoms with Crippen molar-refractivity contribution in [1.82, 2.24) is 0 Å². The summed E-state index contributed by atoms with van der Waals surface area (Å²) in [6.45, 7) is 1.20. The molecule has 0 aliphatic heterocycles. The van der Waals surface area contributed by atoms with Crippen LogP contribution in [0.5, 0.6) is 5.75 Å². The highest BCUT2D eigenvalue weighted by molar-refractivity contribution is 5.38. The molecular formula is C8H6F4O. The van der Waals surface area contributed by atoms with Gasteiger partial charge in [-0.15, -0.1) is 0 Å². The summed E-state index contributed by atoms with van der Waals surface area (Å²) in [7, 11) is 0. The average molecular weight is 194 g/mol. The van der Waals surface area contributed by atoms with Gasteiger partial charge in [-0.25, -0.2) is 4.39 Å². The molecule has 0 aliphatic rings. The standard InChI is InChI=1S/C8H6F4O/c1-4-2-5(8(10,11)12)7(13)3-6(4)9/h2-3,13H,1H3. The Morgan fingerprint density at radius 2 is 1.77 bits per heavy atom. The van der Waals surface area contributed by atoms with Crippen LogP contribution in [0.3, 0.4) is 0 Å². The normalized spacial score (nSPS) is 11.8. The average Bonchev–Trinajstić information content (AvgIpc) is 1.94. The van der Waals surface area contributed by atoms with E-state index < -0.39 is 23.3 Å². The van der Waals surface area contributed by atoms with Crippen molar-refractivity contribution in [3.05, 3.63) is 29.1 Å². The van der Waals surface area contributed by atoms with Gasteiger partial charge in [0.15, 0.2) is 0 Å². The van der Waals surface area contributed by atoms with Crippen LogP contribution in [0.25, 0.3) is 0 Å². The van der Waals surface area contributed by atoms with Gasteiger partial charge < -0.3 is 5.11 Å². The van der Waals surface area contributed by atoms with Crippen LogP contribution in [0.4, 0.5) is 17.6 Å². The molecule has 1 rings (SSSR count). The fraction of sp³-hybridized carbons (Fsp3) is 0.250. The van der Waals surface area contributed by atoms with Gasteiger partial charge in [0.2, 0.25) is 0 Å². The predicted molar refractivity (Wildman–Crippen MR) is 37.8 cm³/mol. The molecule has 1 nitrogen and oxygen atoms in total. The van der Waals surface area contributed by atoms with Crippen molar-refractivity contribution in [3.63, 3.8) is 0 Å². The molecule has 0 saturated carbocycles. The number of aryl methyl sites for hydroxylation is 1. The monoisotopic (exact) mass is 194 g/mol. The summed E-state index contributed by atoms with van der Waals surface area (Å²) in [5.41, 5.74) is -1.36. The van der Waals surface area contributed by atoms with Gasteiger partial charge in [-0.1, -0.05) is 0 Å². The van der Waals surface area contributed by atoms with E-state index in [0.717, 1.165) is 0 Å². The van der Waals surface area contributed by atoms with Gasteiger partial charge in [-0.05, 0) is 18.6 Å². The summed E-state index contributed by atoms with van der Waals surface area (Å²) in [5.74, 6) is -1.94. The fourth-order valence-corrected chi connectivity index (χ4v) is 0.898. The maximum absolute atomic E-state index is 12.6. The SMILES string of the molecule is Cc1cc(C(F)(F)F)c(O)cc1F. The van der Waals surface area contributed by atoms with Gasteiger partial charge in [0.25, 0.3) is 0 Å². The zero-order chi connectivity index (χ0) is 10.2. The number of hydrogen-bond donors (Lipinski definition) is 1. The molecule has 0 saturated heterocycles. The van der Waals surface area contributed by atoms with Gasteiger partial charge in [-0.3, -0.25) is 0 Å². The lowest BCUT2D eigenvalue weighted by Gasteiger charge is -2.09. The molecular weight excluding hydrogens is 188 g/mol. The van der Waals surface area contributed by atoms with E-state index in [0.29, 0.717) is 12.1 Å². The Bertz CT molecular complexity index is 330. The molecule has 0 bridgehead atoms. The van der Waals surface area contributed by atoms with E-state index in [1.165, 1.54) is 6.92 Å². The highest BCUT2D eigenvalue weighted by atomic mass is 19.4. The van der Waals surface area contributed by atoms with E-state index in [2.05, 4.69) is 0 Å². The molecule has 0 aliphatic carbocycles. The quantitative estimate of drug-likeness (QED) is 0.629. The lowest BCUT2D eigenvalue weighted by atomic mass is 10.1. The van der Waals surface area contributed by atoms with Gasteiger partial charge in [0.1, 0.15) is 11.6 Å². The molecule has 13 heavy (non-hydrogen) atoms. The van der Waals surface area contributed by atoms with Gasteiger partial charge in [-0.2, -0.15) is 13.2 Å². The van der Waals surface area contributed by atoms with Crippen LogP contribution in [0.15, 0.2) is 12.1 Å². The van der Waals surface area contributed by atoms with E-state index in [1.807, 2.05) is 0 Å². The van der Waals surface area contributed by atoms with E-state index in [4.69, 9.17) is 5.11 Å². The van der Waals surface area contributed by atoms with Gasteiger partial charge in [0.05, 0.1) is 5.56 Å². The first-order valence-electron chi connectivity index (χ1n) is 3.38. The number of hydrogen-bond acceptors (Lipinski definition) is 1. The second-order valence-electron chi connectivity index (χ2n) is 2.62.